The summed E-state index contributed by atoms with van der Waals surface area (Å²) in [6.07, 6.45) is -25.4. The van der Waals surface area contributed by atoms with E-state index in [1.165, 1.54) is 6.92 Å². The summed E-state index contributed by atoms with van der Waals surface area (Å²) in [4.78, 5) is 14.2. The fraction of sp³-hybridized carbons (Fsp3) is 0.559. The largest absolute Gasteiger partial charge is 0.507 e. The highest BCUT2D eigenvalue weighted by Crippen LogP contribution is 2.44. The Hall–Kier alpha value is -4.11. The van der Waals surface area contributed by atoms with Crippen LogP contribution in [0.15, 0.2) is 33.5 Å². The predicted octanol–water partition coefficient (Wildman–Crippen LogP) is -4.21. The molecule has 2 aromatic carbocycles. The monoisotopic (exact) mass is 802 g/mol. The predicted molar refractivity (Wildman–Crippen MR) is 179 cm³/mol. The third-order valence-corrected chi connectivity index (χ3v) is 9.68. The van der Waals surface area contributed by atoms with Crippen LogP contribution >= 0.6 is 0 Å². The smallest absolute Gasteiger partial charge is 0.239 e. The Morgan fingerprint density at radius 3 is 1.89 bits per heavy atom. The molecule has 6 rings (SSSR count). The maximum atomic E-state index is 14.2. The molecule has 22 heteroatoms. The van der Waals surface area contributed by atoms with Crippen LogP contribution in [0.4, 0.5) is 0 Å². The van der Waals surface area contributed by atoms with Gasteiger partial charge in [-0.15, -0.1) is 0 Å². The molecular weight excluding hydrogens is 760 g/mol. The first-order chi connectivity index (χ1) is 26.5. The van der Waals surface area contributed by atoms with Crippen molar-refractivity contribution in [2.24, 2.45) is 0 Å². The van der Waals surface area contributed by atoms with Crippen molar-refractivity contribution >= 4 is 11.0 Å². The Labute approximate surface area is 314 Å². The molecule has 3 aliphatic heterocycles. The van der Waals surface area contributed by atoms with Gasteiger partial charge in [0.15, 0.2) is 23.5 Å². The van der Waals surface area contributed by atoms with Crippen molar-refractivity contribution < 1.29 is 104 Å². The molecular formula is C34H42O22. The number of aliphatic hydroxyl groups excluding tert-OH is 10. The van der Waals surface area contributed by atoms with Crippen molar-refractivity contribution in [3.8, 4) is 45.8 Å². The van der Waals surface area contributed by atoms with Crippen molar-refractivity contribution in [3.05, 3.63) is 34.5 Å². The van der Waals surface area contributed by atoms with Crippen LogP contribution in [-0.2, 0) is 18.9 Å². The molecule has 3 saturated heterocycles. The molecule has 15 atom stereocenters. The van der Waals surface area contributed by atoms with Gasteiger partial charge in [0.05, 0.1) is 26.4 Å². The van der Waals surface area contributed by atoms with Crippen molar-refractivity contribution in [1.82, 2.24) is 0 Å². The van der Waals surface area contributed by atoms with Crippen LogP contribution in [0.2, 0.25) is 0 Å². The van der Waals surface area contributed by atoms with Gasteiger partial charge in [0, 0.05) is 17.7 Å². The SMILES string of the molecule is COc1cc(-c2oc3cc(OC4OC(CO)C(O)C(O)C4O)cc(O)c3c(=O)c2OC2OC(COC3OC(C)C(O)C(O)C3O)C(O)C(O)C2O)cc(O)c1O. The first-order valence-electron chi connectivity index (χ1n) is 17.1. The number of aliphatic hydroxyl groups is 10. The van der Waals surface area contributed by atoms with Gasteiger partial charge in [-0.1, -0.05) is 0 Å². The number of rotatable bonds is 10. The highest BCUT2D eigenvalue weighted by molar-refractivity contribution is 5.88. The fourth-order valence-electron chi connectivity index (χ4n) is 6.41. The topological polar surface area (TPSA) is 358 Å². The third kappa shape index (κ3) is 7.65. The molecule has 0 aliphatic carbocycles. The van der Waals surface area contributed by atoms with Gasteiger partial charge in [-0.3, -0.25) is 4.79 Å². The van der Waals surface area contributed by atoms with Gasteiger partial charge >= 0.3 is 0 Å². The van der Waals surface area contributed by atoms with E-state index in [1.807, 2.05) is 0 Å². The van der Waals surface area contributed by atoms with E-state index in [9.17, 15) is 71.2 Å². The van der Waals surface area contributed by atoms with Gasteiger partial charge in [0.2, 0.25) is 29.5 Å². The third-order valence-electron chi connectivity index (χ3n) is 9.68. The normalized spacial score (nSPS) is 36.3. The van der Waals surface area contributed by atoms with Crippen LogP contribution in [0, 0.1) is 0 Å². The molecule has 310 valence electrons. The summed E-state index contributed by atoms with van der Waals surface area (Å²) >= 11 is 0. The van der Waals surface area contributed by atoms with E-state index in [4.69, 9.17) is 37.6 Å². The first kappa shape index (κ1) is 41.5. The lowest BCUT2D eigenvalue weighted by molar-refractivity contribution is -0.318. The van der Waals surface area contributed by atoms with E-state index >= 15 is 0 Å². The number of phenolic OH excluding ortho intramolecular Hbond substituents is 3. The van der Waals surface area contributed by atoms with Crippen LogP contribution in [0.1, 0.15) is 6.92 Å². The molecule has 0 saturated carbocycles. The average molecular weight is 803 g/mol. The molecule has 22 nitrogen and oxygen atoms in total. The van der Waals surface area contributed by atoms with Gasteiger partial charge < -0.3 is 104 Å². The number of hydrogen-bond acceptors (Lipinski definition) is 22. The van der Waals surface area contributed by atoms with E-state index < -0.39 is 150 Å². The molecule has 3 aliphatic rings. The lowest BCUT2D eigenvalue weighted by atomic mass is 9.98. The number of fused-ring (bicyclic) bond motifs is 1. The first-order valence-corrected chi connectivity index (χ1v) is 17.1. The van der Waals surface area contributed by atoms with Crippen LogP contribution in [0.25, 0.3) is 22.3 Å². The standard InChI is InChI=1S/C34H42O22/c1-9-19(38)24(43)27(46)32(51-9)50-8-17-22(41)26(45)29(48)34(55-17)56-31-23(42)18-12(36)5-11(52-33-28(47)25(44)21(40)16(7-35)54-33)6-14(18)53-30(31)10-3-13(37)20(39)15(4-10)49-2/h3-6,9,16-17,19,21-22,24-29,32-41,43-48H,7-8H2,1-2H3. The van der Waals surface area contributed by atoms with E-state index in [0.717, 1.165) is 31.4 Å². The summed E-state index contributed by atoms with van der Waals surface area (Å²) in [6, 6.07) is 3.96. The maximum Gasteiger partial charge on any atom is 0.239 e. The van der Waals surface area contributed by atoms with Crippen molar-refractivity contribution in [2.75, 3.05) is 20.3 Å². The lowest BCUT2D eigenvalue weighted by Crippen LogP contribution is -2.61. The molecule has 0 amide bonds. The number of aromatic hydroxyl groups is 3. The molecule has 56 heavy (non-hydrogen) atoms. The minimum atomic E-state index is -2.08. The summed E-state index contributed by atoms with van der Waals surface area (Å²) in [5.41, 5.74) is -1.81. The summed E-state index contributed by atoms with van der Waals surface area (Å²) in [7, 11) is 1.15. The molecule has 15 unspecified atom stereocenters. The zero-order valence-electron chi connectivity index (χ0n) is 29.4. The maximum absolute atomic E-state index is 14.2. The highest BCUT2D eigenvalue weighted by atomic mass is 16.7. The number of methoxy groups -OCH3 is 1. The van der Waals surface area contributed by atoms with E-state index in [0.29, 0.717) is 0 Å². The fourth-order valence-corrected chi connectivity index (χ4v) is 6.41. The van der Waals surface area contributed by atoms with Gasteiger partial charge in [-0.05, 0) is 19.1 Å². The van der Waals surface area contributed by atoms with E-state index in [1.54, 1.807) is 0 Å². The van der Waals surface area contributed by atoms with E-state index in [2.05, 4.69) is 0 Å². The Morgan fingerprint density at radius 1 is 0.661 bits per heavy atom. The Kier molecular flexibility index (Phi) is 12.2. The van der Waals surface area contributed by atoms with Crippen LogP contribution in [-0.4, -0.2) is 179 Å². The lowest BCUT2D eigenvalue weighted by Gasteiger charge is -2.42. The van der Waals surface area contributed by atoms with Gasteiger partial charge in [-0.2, -0.15) is 0 Å². The molecule has 0 radical (unpaired) electrons. The molecule has 1 aromatic heterocycles. The second kappa shape index (κ2) is 16.4. The van der Waals surface area contributed by atoms with Gasteiger partial charge in [-0.25, -0.2) is 0 Å². The Balaban J connectivity index is 1.37. The van der Waals surface area contributed by atoms with Crippen LogP contribution in [0.5, 0.6) is 34.5 Å². The van der Waals surface area contributed by atoms with Crippen LogP contribution in [0.3, 0.4) is 0 Å². The number of benzene rings is 2. The van der Waals surface area contributed by atoms with Crippen molar-refractivity contribution in [3.63, 3.8) is 0 Å². The molecule has 13 N–H and O–H groups in total. The minimum absolute atomic E-state index is 0.213. The molecule has 3 fully saturated rings. The average Bonchev–Trinajstić information content (AvgIpc) is 3.17. The summed E-state index contributed by atoms with van der Waals surface area (Å²) in [5.74, 6) is -4.33. The molecule has 0 spiro atoms. The molecule has 0 bridgehead atoms. The minimum Gasteiger partial charge on any atom is -0.507 e. The second-order valence-corrected chi connectivity index (χ2v) is 13.4. The number of phenols is 3. The van der Waals surface area contributed by atoms with Crippen molar-refractivity contribution in [1.29, 1.82) is 0 Å². The van der Waals surface area contributed by atoms with Gasteiger partial charge in [0.1, 0.15) is 89.6 Å². The van der Waals surface area contributed by atoms with Crippen molar-refractivity contribution in [2.45, 2.75) is 99.0 Å². The Morgan fingerprint density at radius 2 is 1.25 bits per heavy atom. The van der Waals surface area contributed by atoms with Crippen LogP contribution < -0.4 is 19.6 Å². The highest BCUT2D eigenvalue weighted by Gasteiger charge is 2.48. The second-order valence-electron chi connectivity index (χ2n) is 13.4. The summed E-state index contributed by atoms with van der Waals surface area (Å²) < 4.78 is 44.4. The Bertz CT molecular complexity index is 1920. The molecule has 4 heterocycles. The molecule has 3 aromatic rings. The zero-order valence-corrected chi connectivity index (χ0v) is 29.4. The number of hydrogen-bond donors (Lipinski definition) is 13. The summed E-state index contributed by atoms with van der Waals surface area (Å²) in [6.45, 7) is -0.0519. The summed E-state index contributed by atoms with van der Waals surface area (Å²) in [5, 5.41) is 134. The quantitative estimate of drug-likeness (QED) is 0.0864. The number of ether oxygens (including phenoxy) is 7. The van der Waals surface area contributed by atoms with Gasteiger partial charge in [0.25, 0.3) is 0 Å². The zero-order chi connectivity index (χ0) is 40.9. The van der Waals surface area contributed by atoms with E-state index in [-0.39, 0.29) is 17.1 Å².